The number of carboxylic acid groups (broad SMARTS) is 2. The summed E-state index contributed by atoms with van der Waals surface area (Å²) in [6.45, 7) is 1.58. The minimum absolute atomic E-state index is 0.196. The molecule has 0 aliphatic rings. The quantitative estimate of drug-likeness (QED) is 0.820. The van der Waals surface area contributed by atoms with E-state index in [4.69, 9.17) is 10.2 Å². The summed E-state index contributed by atoms with van der Waals surface area (Å²) in [7, 11) is 0. The van der Waals surface area contributed by atoms with Crippen molar-refractivity contribution >= 4 is 23.7 Å². The van der Waals surface area contributed by atoms with Gasteiger partial charge in [0.25, 0.3) is 0 Å². The van der Waals surface area contributed by atoms with Crippen LogP contribution < -0.4 is 0 Å². The minimum atomic E-state index is -0.990. The zero-order valence-electron chi connectivity index (χ0n) is 10.6. The number of aliphatic carboxylic acids is 1. The Labute approximate surface area is 119 Å². The van der Waals surface area contributed by atoms with Gasteiger partial charge in [0.1, 0.15) is 5.25 Å². The lowest BCUT2D eigenvalue weighted by molar-refractivity contribution is -0.136. The van der Waals surface area contributed by atoms with Gasteiger partial charge < -0.3 is 10.2 Å². The predicted molar refractivity (Wildman–Crippen MR) is 73.5 cm³/mol. The van der Waals surface area contributed by atoms with Crippen molar-refractivity contribution < 1.29 is 19.8 Å². The van der Waals surface area contributed by atoms with E-state index < -0.39 is 17.2 Å². The Morgan fingerprint density at radius 2 is 1.90 bits per heavy atom. The van der Waals surface area contributed by atoms with Crippen molar-refractivity contribution in [3.8, 4) is 5.69 Å². The Kier molecular flexibility index (Phi) is 4.09. The van der Waals surface area contributed by atoms with E-state index >= 15 is 0 Å². The number of hydrogen-bond donors (Lipinski definition) is 2. The molecule has 0 aliphatic carbocycles. The van der Waals surface area contributed by atoms with Crippen molar-refractivity contribution in [3.05, 3.63) is 42.2 Å². The van der Waals surface area contributed by atoms with Crippen LogP contribution in [0.5, 0.6) is 0 Å². The zero-order chi connectivity index (χ0) is 14.7. The fourth-order valence-corrected chi connectivity index (χ4v) is 2.37. The van der Waals surface area contributed by atoms with Gasteiger partial charge in [-0.3, -0.25) is 9.36 Å². The standard InChI is InChI=1S/C13H12N2O4S/c1-8(11(16)17)20-13-14-6-7-15(13)10-4-2-9(3-5-10)12(18)19/h2-8H,1H3,(H,16,17)(H,18,19). The van der Waals surface area contributed by atoms with Crippen LogP contribution in [0, 0.1) is 0 Å². The van der Waals surface area contributed by atoms with Crippen molar-refractivity contribution in [1.29, 1.82) is 0 Å². The van der Waals surface area contributed by atoms with Gasteiger partial charge in [0, 0.05) is 18.1 Å². The third-order valence-corrected chi connectivity index (χ3v) is 3.70. The predicted octanol–water partition coefficient (Wildman–Crippen LogP) is 2.14. The zero-order valence-corrected chi connectivity index (χ0v) is 11.4. The summed E-state index contributed by atoms with van der Waals surface area (Å²) in [5.74, 6) is -1.90. The highest BCUT2D eigenvalue weighted by Gasteiger charge is 2.16. The highest BCUT2D eigenvalue weighted by atomic mass is 32.2. The fraction of sp³-hybridized carbons (Fsp3) is 0.154. The Morgan fingerprint density at radius 1 is 1.25 bits per heavy atom. The average Bonchev–Trinajstić information content (AvgIpc) is 2.86. The van der Waals surface area contributed by atoms with Crippen LogP contribution in [0.3, 0.4) is 0 Å². The third kappa shape index (κ3) is 3.00. The number of carboxylic acids is 2. The first-order chi connectivity index (χ1) is 9.49. The maximum Gasteiger partial charge on any atom is 0.335 e. The Morgan fingerprint density at radius 3 is 2.45 bits per heavy atom. The van der Waals surface area contributed by atoms with Crippen molar-refractivity contribution in [3.63, 3.8) is 0 Å². The second-order valence-electron chi connectivity index (χ2n) is 4.03. The largest absolute Gasteiger partial charge is 0.480 e. The first-order valence-corrected chi connectivity index (χ1v) is 6.63. The number of aromatic carboxylic acids is 1. The number of carbonyl (C=O) groups is 2. The maximum atomic E-state index is 10.9. The summed E-state index contributed by atoms with van der Waals surface area (Å²) >= 11 is 1.13. The Bertz CT molecular complexity index is 636. The molecule has 2 aromatic rings. The van der Waals surface area contributed by atoms with E-state index in [1.165, 1.54) is 12.1 Å². The van der Waals surface area contributed by atoms with Crippen LogP contribution in [-0.4, -0.2) is 37.0 Å². The molecule has 0 fully saturated rings. The number of nitrogens with zero attached hydrogens (tertiary/aromatic N) is 2. The SMILES string of the molecule is CC(Sc1nccn1-c1ccc(C(=O)O)cc1)C(=O)O. The summed E-state index contributed by atoms with van der Waals surface area (Å²) in [6, 6.07) is 6.29. The van der Waals surface area contributed by atoms with Crippen LogP contribution in [0.2, 0.25) is 0 Å². The van der Waals surface area contributed by atoms with Crippen LogP contribution in [0.1, 0.15) is 17.3 Å². The summed E-state index contributed by atoms with van der Waals surface area (Å²) in [4.78, 5) is 25.8. The van der Waals surface area contributed by atoms with E-state index in [2.05, 4.69) is 4.98 Å². The normalized spacial score (nSPS) is 12.1. The van der Waals surface area contributed by atoms with Crippen LogP contribution in [0.4, 0.5) is 0 Å². The fourth-order valence-electron chi connectivity index (χ4n) is 1.55. The molecule has 0 saturated heterocycles. The smallest absolute Gasteiger partial charge is 0.335 e. The van der Waals surface area contributed by atoms with Gasteiger partial charge >= 0.3 is 11.9 Å². The second-order valence-corrected chi connectivity index (χ2v) is 5.34. The lowest BCUT2D eigenvalue weighted by Crippen LogP contribution is -2.12. The summed E-state index contributed by atoms with van der Waals surface area (Å²) in [5.41, 5.74) is 0.926. The molecule has 1 aromatic carbocycles. The molecule has 1 unspecified atom stereocenters. The van der Waals surface area contributed by atoms with Crippen molar-refractivity contribution in [2.75, 3.05) is 0 Å². The molecule has 104 valence electrons. The minimum Gasteiger partial charge on any atom is -0.480 e. The maximum absolute atomic E-state index is 10.9. The number of benzene rings is 1. The number of thioether (sulfide) groups is 1. The van der Waals surface area contributed by atoms with E-state index in [9.17, 15) is 9.59 Å². The molecule has 0 radical (unpaired) electrons. The molecule has 20 heavy (non-hydrogen) atoms. The van der Waals surface area contributed by atoms with Crippen molar-refractivity contribution in [2.45, 2.75) is 17.3 Å². The highest BCUT2D eigenvalue weighted by Crippen LogP contribution is 2.24. The third-order valence-electron chi connectivity index (χ3n) is 2.63. The van der Waals surface area contributed by atoms with Gasteiger partial charge in [-0.05, 0) is 31.2 Å². The molecular weight excluding hydrogens is 280 g/mol. The van der Waals surface area contributed by atoms with Gasteiger partial charge in [0.15, 0.2) is 5.16 Å². The molecule has 1 aromatic heterocycles. The highest BCUT2D eigenvalue weighted by molar-refractivity contribution is 8.00. The molecule has 1 heterocycles. The number of imidazole rings is 1. The van der Waals surface area contributed by atoms with Gasteiger partial charge in [-0.25, -0.2) is 9.78 Å². The molecule has 0 spiro atoms. The van der Waals surface area contributed by atoms with Crippen molar-refractivity contribution in [1.82, 2.24) is 9.55 Å². The number of rotatable bonds is 5. The molecule has 2 N–H and O–H groups in total. The first-order valence-electron chi connectivity index (χ1n) is 5.75. The van der Waals surface area contributed by atoms with Crippen molar-refractivity contribution in [2.24, 2.45) is 0 Å². The van der Waals surface area contributed by atoms with Gasteiger partial charge in [-0.2, -0.15) is 0 Å². The molecular formula is C13H12N2O4S. The molecule has 0 amide bonds. The molecule has 0 bridgehead atoms. The Balaban J connectivity index is 2.27. The lowest BCUT2D eigenvalue weighted by atomic mass is 10.2. The van der Waals surface area contributed by atoms with E-state index in [1.807, 2.05) is 0 Å². The molecule has 2 rings (SSSR count). The van der Waals surface area contributed by atoms with Gasteiger partial charge in [-0.15, -0.1) is 0 Å². The summed E-state index contributed by atoms with van der Waals surface area (Å²) in [6.07, 6.45) is 3.27. The van der Waals surface area contributed by atoms with Crippen LogP contribution >= 0.6 is 11.8 Å². The first kappa shape index (κ1) is 14.1. The lowest BCUT2D eigenvalue weighted by Gasteiger charge is -2.09. The van der Waals surface area contributed by atoms with Gasteiger partial charge in [0.2, 0.25) is 0 Å². The van der Waals surface area contributed by atoms with E-state index in [-0.39, 0.29) is 5.56 Å². The molecule has 6 nitrogen and oxygen atoms in total. The topological polar surface area (TPSA) is 92.4 Å². The van der Waals surface area contributed by atoms with Gasteiger partial charge in [-0.1, -0.05) is 11.8 Å². The second kappa shape index (κ2) is 5.79. The van der Waals surface area contributed by atoms with E-state index in [1.54, 1.807) is 36.0 Å². The van der Waals surface area contributed by atoms with E-state index in [0.717, 1.165) is 17.4 Å². The average molecular weight is 292 g/mol. The molecule has 0 aliphatic heterocycles. The number of aromatic nitrogens is 2. The molecule has 7 heteroatoms. The number of hydrogen-bond acceptors (Lipinski definition) is 4. The molecule has 0 saturated carbocycles. The van der Waals surface area contributed by atoms with E-state index in [0.29, 0.717) is 5.16 Å². The van der Waals surface area contributed by atoms with Crippen LogP contribution in [0.25, 0.3) is 5.69 Å². The summed E-state index contributed by atoms with van der Waals surface area (Å²) < 4.78 is 1.72. The Hall–Kier alpha value is -2.28. The van der Waals surface area contributed by atoms with Crippen LogP contribution in [-0.2, 0) is 4.79 Å². The summed E-state index contributed by atoms with van der Waals surface area (Å²) in [5, 5.41) is 17.7. The molecule has 1 atom stereocenters. The monoisotopic (exact) mass is 292 g/mol. The van der Waals surface area contributed by atoms with Crippen LogP contribution in [0.15, 0.2) is 41.8 Å². The van der Waals surface area contributed by atoms with Gasteiger partial charge in [0.05, 0.1) is 5.56 Å².